The van der Waals surface area contributed by atoms with E-state index in [9.17, 15) is 9.59 Å². The van der Waals surface area contributed by atoms with Gasteiger partial charge in [0.05, 0.1) is 6.61 Å². The number of hydrogen-bond donors (Lipinski definition) is 3. The molecule has 0 unspecified atom stereocenters. The molecule has 0 spiro atoms. The summed E-state index contributed by atoms with van der Waals surface area (Å²) >= 11 is 0. The molecule has 3 N–H and O–H groups in total. The summed E-state index contributed by atoms with van der Waals surface area (Å²) in [6.45, 7) is 2.50. The van der Waals surface area contributed by atoms with Crippen LogP contribution in [0.15, 0.2) is 9.59 Å². The number of nitrogens with one attached hydrogen (secondary N) is 2. The maximum atomic E-state index is 11.9. The van der Waals surface area contributed by atoms with Crippen LogP contribution < -0.4 is 16.6 Å². The van der Waals surface area contributed by atoms with E-state index in [0.29, 0.717) is 24.7 Å². The summed E-state index contributed by atoms with van der Waals surface area (Å²) in [7, 11) is 1.43. The molecule has 0 aromatic carbocycles. The first-order valence-corrected chi connectivity index (χ1v) is 5.64. The first-order chi connectivity index (χ1) is 8.60. The van der Waals surface area contributed by atoms with Gasteiger partial charge in [-0.2, -0.15) is 4.98 Å². The van der Waals surface area contributed by atoms with Crippen LogP contribution >= 0.6 is 0 Å². The molecule has 0 aliphatic heterocycles. The van der Waals surface area contributed by atoms with E-state index in [1.165, 1.54) is 11.6 Å². The topological polar surface area (TPSA) is 105 Å². The third-order valence-corrected chi connectivity index (χ3v) is 2.70. The molecule has 0 aliphatic rings. The molecule has 0 saturated heterocycles. The van der Waals surface area contributed by atoms with Gasteiger partial charge in [0.25, 0.3) is 5.56 Å². The molecule has 0 amide bonds. The average Bonchev–Trinajstić information content (AvgIpc) is 2.78. The molecule has 2 aromatic heterocycles. The lowest BCUT2D eigenvalue weighted by Crippen LogP contribution is -2.37. The number of rotatable bonds is 4. The van der Waals surface area contributed by atoms with Crippen molar-refractivity contribution in [1.29, 1.82) is 0 Å². The third-order valence-electron chi connectivity index (χ3n) is 2.70. The second kappa shape index (κ2) is 4.65. The maximum absolute atomic E-state index is 11.9. The normalized spacial score (nSPS) is 11.1. The maximum Gasteiger partial charge on any atom is 0.332 e. The van der Waals surface area contributed by atoms with Gasteiger partial charge in [-0.15, -0.1) is 0 Å². The van der Waals surface area contributed by atoms with Gasteiger partial charge in [-0.1, -0.05) is 0 Å². The number of nitrogens with zero attached hydrogens (tertiary/aromatic N) is 3. The van der Waals surface area contributed by atoms with Crippen LogP contribution in [0, 0.1) is 0 Å². The fraction of sp³-hybridized carbons (Fsp3) is 0.500. The number of anilines is 1. The predicted octanol–water partition coefficient (Wildman–Crippen LogP) is -1.15. The van der Waals surface area contributed by atoms with Crippen LogP contribution in [0.1, 0.15) is 6.92 Å². The molecule has 8 nitrogen and oxygen atoms in total. The van der Waals surface area contributed by atoms with Gasteiger partial charge < -0.3 is 15.4 Å². The van der Waals surface area contributed by atoms with Crippen LogP contribution in [0.2, 0.25) is 0 Å². The zero-order valence-electron chi connectivity index (χ0n) is 10.2. The number of aromatic amines is 1. The van der Waals surface area contributed by atoms with E-state index >= 15 is 0 Å². The number of aromatic nitrogens is 4. The molecular formula is C10H15N5O3. The predicted molar refractivity (Wildman–Crippen MR) is 66.8 cm³/mol. The number of aliphatic hydroxyl groups is 1. The molecule has 2 aromatic rings. The van der Waals surface area contributed by atoms with Crippen molar-refractivity contribution in [2.45, 2.75) is 13.5 Å². The lowest BCUT2D eigenvalue weighted by Gasteiger charge is -2.04. The van der Waals surface area contributed by atoms with Crippen molar-refractivity contribution in [2.75, 3.05) is 18.5 Å². The van der Waals surface area contributed by atoms with Crippen molar-refractivity contribution >= 4 is 17.1 Å². The van der Waals surface area contributed by atoms with E-state index in [4.69, 9.17) is 5.11 Å². The average molecular weight is 253 g/mol. The zero-order chi connectivity index (χ0) is 13.3. The Labute approximate surface area is 102 Å². The molecule has 8 heteroatoms. The fourth-order valence-electron chi connectivity index (χ4n) is 1.78. The highest BCUT2D eigenvalue weighted by molar-refractivity contribution is 5.72. The van der Waals surface area contributed by atoms with Gasteiger partial charge in [0.1, 0.15) is 0 Å². The zero-order valence-corrected chi connectivity index (χ0v) is 10.2. The Morgan fingerprint density at radius 3 is 2.78 bits per heavy atom. The summed E-state index contributed by atoms with van der Waals surface area (Å²) in [6.07, 6.45) is 0. The number of aliphatic hydroxyl groups excluding tert-OH is 1. The van der Waals surface area contributed by atoms with Crippen LogP contribution in [0.4, 0.5) is 5.95 Å². The molecule has 0 fully saturated rings. The first-order valence-electron chi connectivity index (χ1n) is 5.64. The SMILES string of the molecule is CCn1c(=O)n(C)c(=O)c2[nH]c(NCCO)nc21. The van der Waals surface area contributed by atoms with Crippen molar-refractivity contribution in [3.63, 3.8) is 0 Å². The van der Waals surface area contributed by atoms with Crippen molar-refractivity contribution in [3.05, 3.63) is 20.8 Å². The van der Waals surface area contributed by atoms with Crippen molar-refractivity contribution < 1.29 is 5.11 Å². The number of aryl methyl sites for hydroxylation is 1. The smallest absolute Gasteiger partial charge is 0.332 e. The van der Waals surface area contributed by atoms with Crippen molar-refractivity contribution in [3.8, 4) is 0 Å². The van der Waals surface area contributed by atoms with E-state index in [1.807, 2.05) is 0 Å². The second-order valence-corrected chi connectivity index (χ2v) is 3.83. The Morgan fingerprint density at radius 2 is 2.17 bits per heavy atom. The first kappa shape index (κ1) is 12.4. The van der Waals surface area contributed by atoms with Gasteiger partial charge in [-0.05, 0) is 6.92 Å². The van der Waals surface area contributed by atoms with Crippen molar-refractivity contribution in [2.24, 2.45) is 7.05 Å². The summed E-state index contributed by atoms with van der Waals surface area (Å²) in [6, 6.07) is 0. The fourth-order valence-corrected chi connectivity index (χ4v) is 1.78. The Bertz CT molecular complexity index is 681. The minimum absolute atomic E-state index is 0.0460. The van der Waals surface area contributed by atoms with E-state index in [0.717, 1.165) is 4.57 Å². The van der Waals surface area contributed by atoms with Gasteiger partial charge in [0.15, 0.2) is 11.2 Å². The van der Waals surface area contributed by atoms with Crippen LogP contribution in [-0.2, 0) is 13.6 Å². The highest BCUT2D eigenvalue weighted by Gasteiger charge is 2.14. The lowest BCUT2D eigenvalue weighted by atomic mass is 10.5. The minimum atomic E-state index is -0.413. The molecular weight excluding hydrogens is 238 g/mol. The van der Waals surface area contributed by atoms with E-state index in [-0.39, 0.29) is 12.1 Å². The van der Waals surface area contributed by atoms with Gasteiger partial charge in [0.2, 0.25) is 5.95 Å². The van der Waals surface area contributed by atoms with Gasteiger partial charge >= 0.3 is 5.69 Å². The number of fused-ring (bicyclic) bond motifs is 1. The summed E-state index contributed by atoms with van der Waals surface area (Å²) in [5.41, 5.74) is -0.204. The third kappa shape index (κ3) is 1.80. The van der Waals surface area contributed by atoms with E-state index in [2.05, 4.69) is 15.3 Å². The van der Waals surface area contributed by atoms with E-state index < -0.39 is 11.2 Å². The summed E-state index contributed by atoms with van der Waals surface area (Å²) in [5.74, 6) is 0.365. The highest BCUT2D eigenvalue weighted by atomic mass is 16.3. The second-order valence-electron chi connectivity index (χ2n) is 3.83. The quantitative estimate of drug-likeness (QED) is 0.638. The molecule has 2 heterocycles. The Kier molecular flexibility index (Phi) is 3.19. The van der Waals surface area contributed by atoms with Gasteiger partial charge in [0, 0.05) is 20.1 Å². The highest BCUT2D eigenvalue weighted by Crippen LogP contribution is 2.08. The summed E-state index contributed by atoms with van der Waals surface area (Å²) < 4.78 is 2.46. The molecule has 0 atom stereocenters. The molecule has 0 radical (unpaired) electrons. The largest absolute Gasteiger partial charge is 0.395 e. The molecule has 0 aliphatic carbocycles. The van der Waals surface area contributed by atoms with Crippen LogP contribution in [-0.4, -0.2) is 37.4 Å². The molecule has 98 valence electrons. The number of hydrogen-bond acceptors (Lipinski definition) is 5. The van der Waals surface area contributed by atoms with Crippen LogP contribution in [0.3, 0.4) is 0 Å². The number of H-pyrrole nitrogens is 1. The van der Waals surface area contributed by atoms with Crippen molar-refractivity contribution in [1.82, 2.24) is 19.1 Å². The van der Waals surface area contributed by atoms with Crippen LogP contribution in [0.25, 0.3) is 11.2 Å². The number of imidazole rings is 1. The van der Waals surface area contributed by atoms with Gasteiger partial charge in [-0.3, -0.25) is 13.9 Å². The molecule has 0 bridgehead atoms. The molecule has 0 saturated carbocycles. The minimum Gasteiger partial charge on any atom is -0.395 e. The van der Waals surface area contributed by atoms with Crippen LogP contribution in [0.5, 0.6) is 0 Å². The summed E-state index contributed by atoms with van der Waals surface area (Å²) in [5, 5.41) is 11.5. The Morgan fingerprint density at radius 1 is 1.44 bits per heavy atom. The standard InChI is InChI=1S/C10H15N5O3/c1-3-15-7-6(8(17)14(2)10(15)18)12-9(13-7)11-4-5-16/h16H,3-5H2,1-2H3,(H2,11,12,13). The lowest BCUT2D eigenvalue weighted by molar-refractivity contribution is 0.311. The Balaban J connectivity index is 2.71. The van der Waals surface area contributed by atoms with Gasteiger partial charge in [-0.25, -0.2) is 4.79 Å². The molecule has 18 heavy (non-hydrogen) atoms. The monoisotopic (exact) mass is 253 g/mol. The van der Waals surface area contributed by atoms with E-state index in [1.54, 1.807) is 6.92 Å². The Hall–Kier alpha value is -2.09. The molecule has 2 rings (SSSR count). The summed E-state index contributed by atoms with van der Waals surface area (Å²) in [4.78, 5) is 30.7.